The monoisotopic (exact) mass is 318 g/mol. The standard InChI is InChI=1S/C19H16N2.CH2O2/c1-13-6-8-17-16(12-13)7-9-18(20-17)21-11-10-15-5-3-4-14(2)19(15)21;2-1-3/h3-12H,1-2H3;1H,(H,2,3). The highest BCUT2D eigenvalue weighted by Crippen LogP contribution is 2.24. The zero-order valence-corrected chi connectivity index (χ0v) is 13.6. The zero-order chi connectivity index (χ0) is 17.1. The zero-order valence-electron chi connectivity index (χ0n) is 13.6. The summed E-state index contributed by atoms with van der Waals surface area (Å²) >= 11 is 0. The maximum Gasteiger partial charge on any atom is 0.290 e. The minimum absolute atomic E-state index is 0.250. The first kappa shape index (κ1) is 15.7. The summed E-state index contributed by atoms with van der Waals surface area (Å²) in [6.45, 7) is 4.00. The Bertz CT molecular complexity index is 1020. The Morgan fingerprint density at radius 3 is 2.58 bits per heavy atom. The topological polar surface area (TPSA) is 55.1 Å². The van der Waals surface area contributed by atoms with Crippen LogP contribution in [0, 0.1) is 13.8 Å². The molecule has 0 saturated carbocycles. The normalized spacial score (nSPS) is 10.4. The van der Waals surface area contributed by atoms with Crippen molar-refractivity contribution in [3.63, 3.8) is 0 Å². The maximum absolute atomic E-state index is 8.36. The van der Waals surface area contributed by atoms with Gasteiger partial charge in [-0.2, -0.15) is 0 Å². The lowest BCUT2D eigenvalue weighted by Crippen LogP contribution is -1.97. The van der Waals surface area contributed by atoms with Crippen LogP contribution in [0.4, 0.5) is 0 Å². The molecule has 0 aliphatic heterocycles. The van der Waals surface area contributed by atoms with E-state index in [9.17, 15) is 0 Å². The number of para-hydroxylation sites is 1. The Balaban J connectivity index is 0.000000526. The molecule has 24 heavy (non-hydrogen) atoms. The Morgan fingerprint density at radius 2 is 1.79 bits per heavy atom. The van der Waals surface area contributed by atoms with Crippen molar-refractivity contribution in [1.29, 1.82) is 0 Å². The van der Waals surface area contributed by atoms with Gasteiger partial charge in [0.25, 0.3) is 6.47 Å². The highest BCUT2D eigenvalue weighted by molar-refractivity contribution is 5.86. The van der Waals surface area contributed by atoms with Crippen molar-refractivity contribution in [3.8, 4) is 5.82 Å². The number of aromatic nitrogens is 2. The average Bonchev–Trinajstić information content (AvgIpc) is 3.00. The van der Waals surface area contributed by atoms with Gasteiger partial charge in [-0.05, 0) is 49.7 Å². The van der Waals surface area contributed by atoms with Crippen molar-refractivity contribution in [2.24, 2.45) is 0 Å². The largest absolute Gasteiger partial charge is 0.483 e. The second-order valence-corrected chi connectivity index (χ2v) is 5.67. The Morgan fingerprint density at radius 1 is 1.00 bits per heavy atom. The molecule has 0 amide bonds. The van der Waals surface area contributed by atoms with Crippen LogP contribution < -0.4 is 0 Å². The van der Waals surface area contributed by atoms with Crippen LogP contribution in [0.5, 0.6) is 0 Å². The second-order valence-electron chi connectivity index (χ2n) is 5.67. The lowest BCUT2D eigenvalue weighted by Gasteiger charge is -2.08. The lowest BCUT2D eigenvalue weighted by atomic mass is 10.1. The van der Waals surface area contributed by atoms with E-state index in [1.807, 2.05) is 0 Å². The van der Waals surface area contributed by atoms with E-state index in [1.165, 1.54) is 27.4 Å². The van der Waals surface area contributed by atoms with Crippen LogP contribution in [0.3, 0.4) is 0 Å². The summed E-state index contributed by atoms with van der Waals surface area (Å²) in [6, 6.07) is 19.1. The van der Waals surface area contributed by atoms with Crippen LogP contribution in [0.1, 0.15) is 11.1 Å². The summed E-state index contributed by atoms with van der Waals surface area (Å²) in [5.41, 5.74) is 4.80. The number of hydrogen-bond donors (Lipinski definition) is 1. The van der Waals surface area contributed by atoms with Gasteiger partial charge >= 0.3 is 0 Å². The molecular weight excluding hydrogens is 300 g/mol. The molecule has 0 unspecified atom stereocenters. The highest BCUT2D eigenvalue weighted by Gasteiger charge is 2.07. The smallest absolute Gasteiger partial charge is 0.290 e. The molecule has 120 valence electrons. The number of benzene rings is 2. The number of aryl methyl sites for hydroxylation is 2. The third kappa shape index (κ3) is 2.86. The summed E-state index contributed by atoms with van der Waals surface area (Å²) in [5, 5.41) is 9.33. The van der Waals surface area contributed by atoms with E-state index in [0.29, 0.717) is 0 Å². The predicted octanol–water partition coefficient (Wildman–Crippen LogP) is 4.50. The molecule has 2 aromatic carbocycles. The number of carbonyl (C=O) groups is 1. The number of hydrogen-bond acceptors (Lipinski definition) is 2. The molecule has 0 bridgehead atoms. The van der Waals surface area contributed by atoms with Gasteiger partial charge in [-0.25, -0.2) is 4.98 Å². The van der Waals surface area contributed by atoms with Crippen LogP contribution in [-0.4, -0.2) is 21.1 Å². The quantitative estimate of drug-likeness (QED) is 0.526. The summed E-state index contributed by atoms with van der Waals surface area (Å²) in [5.74, 6) is 0.968. The molecule has 4 rings (SSSR count). The number of carboxylic acid groups (broad SMARTS) is 1. The van der Waals surface area contributed by atoms with E-state index in [2.05, 4.69) is 79.2 Å². The molecule has 0 aliphatic carbocycles. The molecule has 4 nitrogen and oxygen atoms in total. The molecule has 4 aromatic rings. The SMILES string of the molecule is Cc1ccc2nc(-n3ccc4cccc(C)c43)ccc2c1.O=CO. The van der Waals surface area contributed by atoms with Crippen molar-refractivity contribution in [3.05, 3.63) is 71.9 Å². The van der Waals surface area contributed by atoms with Crippen molar-refractivity contribution >= 4 is 28.3 Å². The Labute approximate surface area is 140 Å². The first-order valence-corrected chi connectivity index (χ1v) is 7.66. The van der Waals surface area contributed by atoms with Crippen LogP contribution in [0.15, 0.2) is 60.8 Å². The molecule has 1 N–H and O–H groups in total. The van der Waals surface area contributed by atoms with Crippen molar-refractivity contribution in [2.75, 3.05) is 0 Å². The average molecular weight is 318 g/mol. The summed E-state index contributed by atoms with van der Waals surface area (Å²) in [6.07, 6.45) is 2.10. The van der Waals surface area contributed by atoms with Gasteiger partial charge in [0.05, 0.1) is 11.0 Å². The fourth-order valence-corrected chi connectivity index (χ4v) is 2.93. The van der Waals surface area contributed by atoms with E-state index in [0.717, 1.165) is 11.3 Å². The summed E-state index contributed by atoms with van der Waals surface area (Å²) in [7, 11) is 0. The number of rotatable bonds is 1. The van der Waals surface area contributed by atoms with Crippen molar-refractivity contribution in [1.82, 2.24) is 9.55 Å². The van der Waals surface area contributed by atoms with Gasteiger partial charge in [0.15, 0.2) is 0 Å². The van der Waals surface area contributed by atoms with Crippen LogP contribution in [0.2, 0.25) is 0 Å². The van der Waals surface area contributed by atoms with Gasteiger partial charge in [-0.1, -0.05) is 29.8 Å². The minimum atomic E-state index is -0.250. The fourth-order valence-electron chi connectivity index (χ4n) is 2.93. The second kappa shape index (κ2) is 6.54. The molecule has 0 aliphatic rings. The fraction of sp³-hybridized carbons (Fsp3) is 0.100. The van der Waals surface area contributed by atoms with Gasteiger partial charge < -0.3 is 9.67 Å². The summed E-state index contributed by atoms with van der Waals surface area (Å²) < 4.78 is 2.17. The predicted molar refractivity (Wildman–Crippen MR) is 96.7 cm³/mol. The maximum atomic E-state index is 8.36. The first-order valence-electron chi connectivity index (χ1n) is 7.66. The Kier molecular flexibility index (Phi) is 4.29. The van der Waals surface area contributed by atoms with Gasteiger partial charge in [0.2, 0.25) is 0 Å². The third-order valence-electron chi connectivity index (χ3n) is 3.99. The van der Waals surface area contributed by atoms with Crippen LogP contribution in [-0.2, 0) is 4.79 Å². The minimum Gasteiger partial charge on any atom is -0.483 e. The van der Waals surface area contributed by atoms with Crippen molar-refractivity contribution < 1.29 is 9.90 Å². The molecule has 2 heterocycles. The Hall–Kier alpha value is -3.14. The van der Waals surface area contributed by atoms with Crippen molar-refractivity contribution in [2.45, 2.75) is 13.8 Å². The van der Waals surface area contributed by atoms with Gasteiger partial charge in [0.1, 0.15) is 5.82 Å². The highest BCUT2D eigenvalue weighted by atomic mass is 16.3. The molecular formula is C20H18N2O2. The number of nitrogens with zero attached hydrogens (tertiary/aromatic N) is 2. The van der Waals surface area contributed by atoms with E-state index in [-0.39, 0.29) is 6.47 Å². The van der Waals surface area contributed by atoms with E-state index in [4.69, 9.17) is 14.9 Å². The van der Waals surface area contributed by atoms with Gasteiger partial charge in [-0.15, -0.1) is 0 Å². The van der Waals surface area contributed by atoms with Gasteiger partial charge in [-0.3, -0.25) is 4.79 Å². The van der Waals surface area contributed by atoms with E-state index in [1.54, 1.807) is 0 Å². The third-order valence-corrected chi connectivity index (χ3v) is 3.99. The van der Waals surface area contributed by atoms with E-state index >= 15 is 0 Å². The molecule has 4 heteroatoms. The van der Waals surface area contributed by atoms with Crippen LogP contribution >= 0.6 is 0 Å². The first-order chi connectivity index (χ1) is 11.6. The lowest BCUT2D eigenvalue weighted by molar-refractivity contribution is -0.122. The molecule has 0 saturated heterocycles. The van der Waals surface area contributed by atoms with Gasteiger partial charge in [0, 0.05) is 17.0 Å². The summed E-state index contributed by atoms with van der Waals surface area (Å²) in [4.78, 5) is 13.2. The molecule has 2 aromatic heterocycles. The molecule has 0 spiro atoms. The van der Waals surface area contributed by atoms with Crippen LogP contribution in [0.25, 0.3) is 27.6 Å². The number of fused-ring (bicyclic) bond motifs is 2. The molecule has 0 fully saturated rings. The molecule has 0 atom stereocenters. The van der Waals surface area contributed by atoms with E-state index < -0.39 is 0 Å². The molecule has 0 radical (unpaired) electrons. The number of pyridine rings is 1.